The van der Waals surface area contributed by atoms with Crippen LogP contribution >= 0.6 is 0 Å². The topological polar surface area (TPSA) is 168 Å². The highest BCUT2D eigenvalue weighted by atomic mass is 19.4. The van der Waals surface area contributed by atoms with Gasteiger partial charge < -0.3 is 14.6 Å². The van der Waals surface area contributed by atoms with Crippen molar-refractivity contribution in [3.05, 3.63) is 70.2 Å². The van der Waals surface area contributed by atoms with E-state index in [4.69, 9.17) is 9.68 Å². The minimum absolute atomic E-state index is 0.0112. The molecule has 3 amide bonds. The zero-order chi connectivity index (χ0) is 33.7. The van der Waals surface area contributed by atoms with Crippen LogP contribution in [0.2, 0.25) is 0 Å². The molecule has 6 rings (SSSR count). The monoisotopic (exact) mass is 646 g/mol. The Hall–Kier alpha value is -5.90. The third kappa shape index (κ3) is 5.93. The molecule has 2 aliphatic heterocycles. The van der Waals surface area contributed by atoms with Crippen molar-refractivity contribution in [1.82, 2.24) is 24.6 Å². The van der Waals surface area contributed by atoms with Crippen molar-refractivity contribution in [2.24, 2.45) is 5.92 Å². The first-order valence-corrected chi connectivity index (χ1v) is 14.3. The summed E-state index contributed by atoms with van der Waals surface area (Å²) in [5.74, 6) is 3.96. The van der Waals surface area contributed by atoms with Crippen molar-refractivity contribution >= 4 is 40.2 Å². The van der Waals surface area contributed by atoms with Crippen molar-refractivity contribution in [2.75, 3.05) is 23.3 Å². The number of amides is 3. The Morgan fingerprint density at radius 1 is 1.15 bits per heavy atom. The van der Waals surface area contributed by atoms with E-state index in [9.17, 15) is 32.3 Å². The Balaban J connectivity index is 1.09. The van der Waals surface area contributed by atoms with E-state index >= 15 is 0 Å². The van der Waals surface area contributed by atoms with Gasteiger partial charge in [-0.3, -0.25) is 28.9 Å². The number of carbonyl (C=O) groups is 3. The lowest BCUT2D eigenvalue weighted by Gasteiger charge is -2.38. The SMILES string of the molecule is CC(C)(C(=O)Nc1cnc(C#N)c(C(F)(F)F)c1)n1cc(C#CC2CN(c3ccc4c(c3)oc(=O)n4C3CCC(=O)NC3=O)C2)cn1. The predicted molar refractivity (Wildman–Crippen MR) is 159 cm³/mol. The highest BCUT2D eigenvalue weighted by Gasteiger charge is 2.36. The zero-order valence-corrected chi connectivity index (χ0v) is 24.9. The molecule has 2 fully saturated rings. The summed E-state index contributed by atoms with van der Waals surface area (Å²) in [7, 11) is 0. The quantitative estimate of drug-likeness (QED) is 0.245. The first-order chi connectivity index (χ1) is 22.2. The van der Waals surface area contributed by atoms with Gasteiger partial charge >= 0.3 is 11.9 Å². The van der Waals surface area contributed by atoms with Gasteiger partial charge in [0.25, 0.3) is 5.91 Å². The van der Waals surface area contributed by atoms with Crippen LogP contribution < -0.4 is 21.3 Å². The van der Waals surface area contributed by atoms with Crippen LogP contribution in [0.5, 0.6) is 0 Å². The summed E-state index contributed by atoms with van der Waals surface area (Å²) < 4.78 is 47.9. The molecule has 13 nitrogen and oxygen atoms in total. The second kappa shape index (κ2) is 11.5. The molecule has 0 aliphatic carbocycles. The van der Waals surface area contributed by atoms with Gasteiger partial charge in [0, 0.05) is 37.5 Å². The number of imide groups is 1. The molecule has 1 unspecified atom stereocenters. The summed E-state index contributed by atoms with van der Waals surface area (Å²) in [6.45, 7) is 4.26. The number of hydrogen-bond acceptors (Lipinski definition) is 9. The summed E-state index contributed by atoms with van der Waals surface area (Å²) in [5.41, 5.74) is -1.47. The van der Waals surface area contributed by atoms with Crippen molar-refractivity contribution in [3.63, 3.8) is 0 Å². The van der Waals surface area contributed by atoms with Gasteiger partial charge in [-0.2, -0.15) is 23.5 Å². The van der Waals surface area contributed by atoms with Crippen LogP contribution in [0.15, 0.2) is 52.1 Å². The summed E-state index contributed by atoms with van der Waals surface area (Å²) in [6.07, 6.45) is -0.464. The number of aromatic nitrogens is 4. The molecule has 0 saturated carbocycles. The van der Waals surface area contributed by atoms with Gasteiger partial charge in [0.05, 0.1) is 40.6 Å². The third-order valence-corrected chi connectivity index (χ3v) is 8.05. The fourth-order valence-electron chi connectivity index (χ4n) is 5.33. The molecule has 1 aromatic carbocycles. The molecule has 4 aromatic rings. The number of nitrogens with one attached hydrogen (secondary N) is 2. The zero-order valence-electron chi connectivity index (χ0n) is 24.9. The number of alkyl halides is 3. The number of nitrogens with zero attached hydrogens (tertiary/aromatic N) is 6. The number of nitriles is 1. The number of hydrogen-bond donors (Lipinski definition) is 2. The van der Waals surface area contributed by atoms with Gasteiger partial charge in [0.2, 0.25) is 11.8 Å². The van der Waals surface area contributed by atoms with Gasteiger partial charge in [-0.1, -0.05) is 11.8 Å². The fraction of sp³-hybridized carbons (Fsp3) is 0.323. The number of benzene rings is 1. The minimum atomic E-state index is -4.82. The molecular formula is C31H25F3N8O5. The summed E-state index contributed by atoms with van der Waals surface area (Å²) in [6, 6.07) is 6.47. The van der Waals surface area contributed by atoms with Gasteiger partial charge in [0.15, 0.2) is 11.3 Å². The van der Waals surface area contributed by atoms with Crippen LogP contribution in [-0.2, 0) is 26.1 Å². The third-order valence-electron chi connectivity index (χ3n) is 8.05. The molecule has 5 heterocycles. The van der Waals surface area contributed by atoms with Crippen LogP contribution in [0.3, 0.4) is 0 Å². The summed E-state index contributed by atoms with van der Waals surface area (Å²) >= 11 is 0. The maximum Gasteiger partial charge on any atom is 0.420 e. The molecule has 240 valence electrons. The minimum Gasteiger partial charge on any atom is -0.408 e. The van der Waals surface area contributed by atoms with Gasteiger partial charge in [-0.05, 0) is 38.5 Å². The van der Waals surface area contributed by atoms with E-state index in [1.807, 2.05) is 11.0 Å². The molecule has 47 heavy (non-hydrogen) atoms. The average Bonchev–Trinajstić information content (AvgIpc) is 3.60. The highest BCUT2D eigenvalue weighted by molar-refractivity contribution is 6.00. The molecule has 2 saturated heterocycles. The van der Waals surface area contributed by atoms with E-state index in [1.54, 1.807) is 18.3 Å². The number of rotatable bonds is 5. The second-order valence-corrected chi connectivity index (χ2v) is 11.6. The maximum absolute atomic E-state index is 13.3. The molecule has 2 N–H and O–H groups in total. The Morgan fingerprint density at radius 2 is 1.91 bits per heavy atom. The first kappa shape index (κ1) is 31.1. The number of pyridine rings is 1. The molecule has 0 radical (unpaired) electrons. The van der Waals surface area contributed by atoms with E-state index < -0.39 is 46.6 Å². The number of anilines is 2. The molecule has 16 heteroatoms. The number of piperidine rings is 1. The number of halogens is 3. The van der Waals surface area contributed by atoms with Crippen LogP contribution in [0.1, 0.15) is 49.6 Å². The van der Waals surface area contributed by atoms with Crippen molar-refractivity contribution < 1.29 is 32.0 Å². The predicted octanol–water partition coefficient (Wildman–Crippen LogP) is 2.92. The second-order valence-electron chi connectivity index (χ2n) is 11.6. The van der Waals surface area contributed by atoms with E-state index in [0.717, 1.165) is 11.9 Å². The van der Waals surface area contributed by atoms with E-state index in [1.165, 1.54) is 35.4 Å². The van der Waals surface area contributed by atoms with Crippen LogP contribution in [0, 0.1) is 29.1 Å². The van der Waals surface area contributed by atoms with Crippen LogP contribution in [-0.4, -0.2) is 50.1 Å². The van der Waals surface area contributed by atoms with E-state index in [0.29, 0.717) is 35.8 Å². The molecule has 1 atom stereocenters. The average molecular weight is 647 g/mol. The molecule has 3 aromatic heterocycles. The Morgan fingerprint density at radius 3 is 2.62 bits per heavy atom. The van der Waals surface area contributed by atoms with Crippen molar-refractivity contribution in [3.8, 4) is 17.9 Å². The smallest absolute Gasteiger partial charge is 0.408 e. The van der Waals surface area contributed by atoms with E-state index in [-0.39, 0.29) is 30.4 Å². The number of carbonyl (C=O) groups excluding carboxylic acids is 3. The largest absolute Gasteiger partial charge is 0.420 e. The standard InChI is InChI=1S/C31H25F3N8O5/c1-30(2,28(45)38-19-9-21(31(32,33)34)22(11-35)36-13-19)41-16-17(12-37-41)3-4-18-14-40(15-18)20-5-6-23-25(10-20)47-29(46)42(23)24-7-8-26(43)39-27(24)44/h5-6,9-10,12-13,16,18,24H,7-8,14-15H2,1-2H3,(H,38,45)(H,39,43,44). The van der Waals surface area contributed by atoms with Gasteiger partial charge in [-0.25, -0.2) is 9.78 Å². The van der Waals surface area contributed by atoms with Crippen molar-refractivity contribution in [2.45, 2.75) is 44.4 Å². The van der Waals surface area contributed by atoms with Crippen LogP contribution in [0.4, 0.5) is 24.5 Å². The van der Waals surface area contributed by atoms with Gasteiger partial charge in [0.1, 0.15) is 17.6 Å². The maximum atomic E-state index is 13.3. The van der Waals surface area contributed by atoms with E-state index in [2.05, 4.69) is 32.6 Å². The molecule has 0 spiro atoms. The summed E-state index contributed by atoms with van der Waals surface area (Å²) in [5, 5.41) is 17.8. The number of fused-ring (bicyclic) bond motifs is 1. The Bertz CT molecular complexity index is 2100. The van der Waals surface area contributed by atoms with Crippen molar-refractivity contribution in [1.29, 1.82) is 5.26 Å². The number of oxazole rings is 1. The van der Waals surface area contributed by atoms with Crippen LogP contribution in [0.25, 0.3) is 11.1 Å². The molecular weight excluding hydrogens is 621 g/mol. The highest BCUT2D eigenvalue weighted by Crippen LogP contribution is 2.33. The summed E-state index contributed by atoms with van der Waals surface area (Å²) in [4.78, 5) is 55.0. The Kier molecular flexibility index (Phi) is 7.59. The molecule has 0 bridgehead atoms. The van der Waals surface area contributed by atoms with Gasteiger partial charge in [-0.15, -0.1) is 0 Å². The normalized spacial score (nSPS) is 17.0. The lowest BCUT2D eigenvalue weighted by Crippen LogP contribution is -2.46. The first-order valence-electron chi connectivity index (χ1n) is 14.3. The Labute approximate surface area is 263 Å². The molecule has 2 aliphatic rings. The fourth-order valence-corrected chi connectivity index (χ4v) is 5.33. The lowest BCUT2D eigenvalue weighted by molar-refractivity contribution is -0.138. The lowest BCUT2D eigenvalue weighted by atomic mass is 9.99.